The molecule has 1 aromatic carbocycles. The average Bonchev–Trinajstić information content (AvgIpc) is 3.26. The Kier molecular flexibility index (Phi) is 5.34. The number of methoxy groups -OCH3 is 1. The Morgan fingerprint density at radius 1 is 1.23 bits per heavy atom. The largest absolute Gasteiger partial charge is 0.497 e. The maximum atomic E-state index is 12.4. The molecule has 3 atom stereocenters. The fourth-order valence-electron chi connectivity index (χ4n) is 4.98. The predicted octanol–water partition coefficient (Wildman–Crippen LogP) is 2.56. The van der Waals surface area contributed by atoms with Crippen molar-refractivity contribution < 1.29 is 9.53 Å². The summed E-state index contributed by atoms with van der Waals surface area (Å²) in [6, 6.07) is 9.57. The molecule has 0 saturated carbocycles. The van der Waals surface area contributed by atoms with Gasteiger partial charge in [-0.25, -0.2) is 0 Å². The van der Waals surface area contributed by atoms with Crippen LogP contribution in [-0.2, 0) is 4.79 Å². The van der Waals surface area contributed by atoms with E-state index in [1.807, 2.05) is 12.1 Å². The SMILES string of the molecule is COc1cccc(N2CCC(CNC(=O)CC3CC4CCC(C3)N4)C2)c1. The van der Waals surface area contributed by atoms with Gasteiger partial charge in [-0.2, -0.15) is 0 Å². The fraction of sp³-hybridized carbons (Fsp3) is 0.667. The predicted molar refractivity (Wildman–Crippen MR) is 104 cm³/mol. The van der Waals surface area contributed by atoms with Crippen LogP contribution in [0.2, 0.25) is 0 Å². The molecule has 3 aliphatic heterocycles. The molecule has 1 aromatic rings. The topological polar surface area (TPSA) is 53.6 Å². The number of nitrogens with one attached hydrogen (secondary N) is 2. The van der Waals surface area contributed by atoms with Crippen molar-refractivity contribution in [2.24, 2.45) is 11.8 Å². The number of carbonyl (C=O) groups excluding carboxylic acids is 1. The molecule has 142 valence electrons. The molecule has 3 fully saturated rings. The number of benzene rings is 1. The van der Waals surface area contributed by atoms with E-state index in [0.29, 0.717) is 30.3 Å². The van der Waals surface area contributed by atoms with Gasteiger partial charge in [0.15, 0.2) is 0 Å². The van der Waals surface area contributed by atoms with Gasteiger partial charge in [-0.3, -0.25) is 4.79 Å². The monoisotopic (exact) mass is 357 g/mol. The molecule has 2 N–H and O–H groups in total. The van der Waals surface area contributed by atoms with E-state index >= 15 is 0 Å². The summed E-state index contributed by atoms with van der Waals surface area (Å²) < 4.78 is 5.32. The number of hydrogen-bond acceptors (Lipinski definition) is 4. The Labute approximate surface area is 156 Å². The number of fused-ring (bicyclic) bond motifs is 2. The highest BCUT2D eigenvalue weighted by atomic mass is 16.5. The highest BCUT2D eigenvalue weighted by molar-refractivity contribution is 5.76. The Balaban J connectivity index is 1.21. The molecule has 2 bridgehead atoms. The van der Waals surface area contributed by atoms with E-state index in [0.717, 1.165) is 31.8 Å². The van der Waals surface area contributed by atoms with Crippen LogP contribution in [0.4, 0.5) is 5.69 Å². The number of carbonyl (C=O) groups is 1. The van der Waals surface area contributed by atoms with Crippen LogP contribution in [0, 0.1) is 11.8 Å². The van der Waals surface area contributed by atoms with Gasteiger partial charge in [-0.05, 0) is 56.1 Å². The highest BCUT2D eigenvalue weighted by Crippen LogP contribution is 2.32. The lowest BCUT2D eigenvalue weighted by molar-refractivity contribution is -0.122. The van der Waals surface area contributed by atoms with Crippen molar-refractivity contribution in [3.8, 4) is 5.75 Å². The molecule has 1 amide bonds. The van der Waals surface area contributed by atoms with Crippen molar-refractivity contribution in [1.29, 1.82) is 0 Å². The molecule has 3 heterocycles. The Morgan fingerprint density at radius 2 is 2.04 bits per heavy atom. The lowest BCUT2D eigenvalue weighted by Crippen LogP contribution is -2.40. The van der Waals surface area contributed by atoms with E-state index in [9.17, 15) is 4.79 Å². The van der Waals surface area contributed by atoms with Gasteiger partial charge in [0.1, 0.15) is 5.75 Å². The third kappa shape index (κ3) is 4.14. The second-order valence-corrected chi connectivity index (χ2v) is 8.29. The van der Waals surface area contributed by atoms with Crippen molar-refractivity contribution in [3.63, 3.8) is 0 Å². The first-order valence-corrected chi connectivity index (χ1v) is 10.1. The lowest BCUT2D eigenvalue weighted by Gasteiger charge is -2.28. The van der Waals surface area contributed by atoms with Gasteiger partial charge < -0.3 is 20.3 Å². The van der Waals surface area contributed by atoms with Gasteiger partial charge in [0.2, 0.25) is 5.91 Å². The molecule has 0 spiro atoms. The van der Waals surface area contributed by atoms with Crippen LogP contribution < -0.4 is 20.3 Å². The van der Waals surface area contributed by atoms with Crippen molar-refractivity contribution in [2.75, 3.05) is 31.6 Å². The molecule has 0 aromatic heterocycles. The van der Waals surface area contributed by atoms with Crippen LogP contribution in [0.5, 0.6) is 5.75 Å². The molecular weight excluding hydrogens is 326 g/mol. The zero-order valence-corrected chi connectivity index (χ0v) is 15.7. The normalized spacial score (nSPS) is 30.4. The van der Waals surface area contributed by atoms with E-state index in [2.05, 4.69) is 27.7 Å². The standard InChI is InChI=1S/C21H31N3O2/c1-26-20-4-2-3-19(12-20)24-8-7-15(14-24)13-22-21(25)11-16-9-17-5-6-18(10-16)23-17/h2-4,12,15-18,23H,5-11,13-14H2,1H3,(H,22,25). The molecule has 0 aliphatic carbocycles. The highest BCUT2D eigenvalue weighted by Gasteiger charge is 2.34. The Hall–Kier alpha value is -1.75. The summed E-state index contributed by atoms with van der Waals surface area (Å²) in [5, 5.41) is 6.86. The van der Waals surface area contributed by atoms with Crippen LogP contribution in [0.3, 0.4) is 0 Å². The van der Waals surface area contributed by atoms with Gasteiger partial charge in [0.05, 0.1) is 7.11 Å². The van der Waals surface area contributed by atoms with Gasteiger partial charge >= 0.3 is 0 Å². The molecule has 3 saturated heterocycles. The van der Waals surface area contributed by atoms with Crippen molar-refractivity contribution in [3.05, 3.63) is 24.3 Å². The molecule has 26 heavy (non-hydrogen) atoms. The fourth-order valence-corrected chi connectivity index (χ4v) is 4.98. The number of ether oxygens (including phenoxy) is 1. The van der Waals surface area contributed by atoms with Crippen LogP contribution in [0.1, 0.15) is 38.5 Å². The van der Waals surface area contributed by atoms with E-state index in [-0.39, 0.29) is 5.91 Å². The van der Waals surface area contributed by atoms with E-state index in [1.165, 1.54) is 31.4 Å². The van der Waals surface area contributed by atoms with Crippen LogP contribution >= 0.6 is 0 Å². The van der Waals surface area contributed by atoms with Gasteiger partial charge in [0.25, 0.3) is 0 Å². The summed E-state index contributed by atoms with van der Waals surface area (Å²) in [5.74, 6) is 2.26. The molecule has 4 rings (SSSR count). The lowest BCUT2D eigenvalue weighted by atomic mass is 9.89. The summed E-state index contributed by atoms with van der Waals surface area (Å²) >= 11 is 0. The molecule has 5 nitrogen and oxygen atoms in total. The second-order valence-electron chi connectivity index (χ2n) is 8.29. The quantitative estimate of drug-likeness (QED) is 0.822. The smallest absolute Gasteiger partial charge is 0.220 e. The second kappa shape index (κ2) is 7.87. The van der Waals surface area contributed by atoms with Crippen molar-refractivity contribution >= 4 is 11.6 Å². The number of amides is 1. The minimum Gasteiger partial charge on any atom is -0.497 e. The minimum absolute atomic E-state index is 0.246. The molecule has 0 radical (unpaired) electrons. The van der Waals surface area contributed by atoms with E-state index < -0.39 is 0 Å². The summed E-state index contributed by atoms with van der Waals surface area (Å²) in [4.78, 5) is 14.8. The summed E-state index contributed by atoms with van der Waals surface area (Å²) in [7, 11) is 1.70. The maximum Gasteiger partial charge on any atom is 0.220 e. The third-order valence-corrected chi connectivity index (χ3v) is 6.34. The average molecular weight is 357 g/mol. The van der Waals surface area contributed by atoms with Crippen LogP contribution in [0.25, 0.3) is 0 Å². The van der Waals surface area contributed by atoms with E-state index in [1.54, 1.807) is 7.11 Å². The van der Waals surface area contributed by atoms with Gasteiger partial charge in [-0.15, -0.1) is 0 Å². The number of piperidine rings is 1. The zero-order valence-electron chi connectivity index (χ0n) is 15.7. The van der Waals surface area contributed by atoms with Gasteiger partial charge in [-0.1, -0.05) is 6.07 Å². The number of rotatable bonds is 6. The van der Waals surface area contributed by atoms with Crippen LogP contribution in [-0.4, -0.2) is 44.7 Å². The Morgan fingerprint density at radius 3 is 2.81 bits per heavy atom. The first-order valence-electron chi connectivity index (χ1n) is 10.1. The number of nitrogens with zero attached hydrogens (tertiary/aromatic N) is 1. The first kappa shape index (κ1) is 17.7. The van der Waals surface area contributed by atoms with Crippen LogP contribution in [0.15, 0.2) is 24.3 Å². The Bertz CT molecular complexity index is 623. The molecular formula is C21H31N3O2. The summed E-state index contributed by atoms with van der Waals surface area (Å²) in [5.41, 5.74) is 1.21. The van der Waals surface area contributed by atoms with E-state index in [4.69, 9.17) is 4.74 Å². The number of hydrogen-bond donors (Lipinski definition) is 2. The summed E-state index contributed by atoms with van der Waals surface area (Å²) in [6.07, 6.45) is 6.79. The minimum atomic E-state index is 0.246. The molecule has 3 unspecified atom stereocenters. The summed E-state index contributed by atoms with van der Waals surface area (Å²) in [6.45, 7) is 2.85. The zero-order chi connectivity index (χ0) is 17.9. The van der Waals surface area contributed by atoms with Crippen molar-refractivity contribution in [1.82, 2.24) is 10.6 Å². The van der Waals surface area contributed by atoms with Gasteiger partial charge in [0, 0.05) is 49.9 Å². The third-order valence-electron chi connectivity index (χ3n) is 6.34. The van der Waals surface area contributed by atoms with Crippen molar-refractivity contribution in [2.45, 2.75) is 50.6 Å². The molecule has 3 aliphatic rings. The molecule has 5 heteroatoms. The maximum absolute atomic E-state index is 12.4. The number of anilines is 1. The first-order chi connectivity index (χ1) is 12.7.